The third-order valence-electron chi connectivity index (χ3n) is 6.93. The quantitative estimate of drug-likeness (QED) is 0.397. The van der Waals surface area contributed by atoms with Gasteiger partial charge in [-0.25, -0.2) is 13.1 Å². The number of hydrogen-bond donors (Lipinski definition) is 2. The second-order valence-electron chi connectivity index (χ2n) is 9.22. The largest absolute Gasteiger partial charge is 0.416 e. The second kappa shape index (κ2) is 9.48. The third-order valence-corrected chi connectivity index (χ3v) is 10.1. The number of alkyl halides is 3. The average molecular weight is 555 g/mol. The Balaban J connectivity index is 1.31. The molecule has 5 nitrogen and oxygen atoms in total. The predicted molar refractivity (Wildman–Crippen MR) is 133 cm³/mol. The van der Waals surface area contributed by atoms with E-state index >= 15 is 0 Å². The van der Waals surface area contributed by atoms with Gasteiger partial charge in [-0.1, -0.05) is 17.7 Å². The fraction of sp³-hybridized carbons (Fsp3) is 0.320. The SMILES string of the molecule is O=C(Nc1ccc2c(c1)C[C@@H]1CC[C@H](C2)[C@H]1NS(=O)(=O)c1ccc(Cl)s1)c1ccc(C(F)(F)F)cc1. The number of thiophene rings is 1. The number of carbonyl (C=O) groups excluding carboxylic acids is 1. The smallest absolute Gasteiger partial charge is 0.322 e. The molecule has 190 valence electrons. The molecule has 1 aromatic heterocycles. The number of benzene rings is 2. The van der Waals surface area contributed by atoms with Crippen molar-refractivity contribution in [3.63, 3.8) is 0 Å². The minimum Gasteiger partial charge on any atom is -0.322 e. The molecule has 2 N–H and O–H groups in total. The Labute approximate surface area is 215 Å². The Morgan fingerprint density at radius 1 is 0.944 bits per heavy atom. The van der Waals surface area contributed by atoms with Crippen molar-refractivity contribution in [1.29, 1.82) is 0 Å². The summed E-state index contributed by atoms with van der Waals surface area (Å²) in [5.74, 6) is -0.226. The summed E-state index contributed by atoms with van der Waals surface area (Å²) < 4.78 is 67.8. The van der Waals surface area contributed by atoms with Gasteiger partial charge in [0.25, 0.3) is 5.91 Å². The van der Waals surface area contributed by atoms with Gasteiger partial charge in [0, 0.05) is 17.3 Å². The maximum atomic E-state index is 12.9. The molecule has 2 bridgehead atoms. The molecule has 2 aliphatic rings. The van der Waals surface area contributed by atoms with Crippen LogP contribution in [0.15, 0.2) is 58.8 Å². The Morgan fingerprint density at radius 3 is 2.22 bits per heavy atom. The van der Waals surface area contributed by atoms with Crippen LogP contribution in [-0.4, -0.2) is 20.4 Å². The van der Waals surface area contributed by atoms with Crippen LogP contribution in [0.1, 0.15) is 39.9 Å². The van der Waals surface area contributed by atoms with Gasteiger partial charge < -0.3 is 5.32 Å². The van der Waals surface area contributed by atoms with Gasteiger partial charge in [0.05, 0.1) is 9.90 Å². The molecule has 0 aliphatic heterocycles. The summed E-state index contributed by atoms with van der Waals surface area (Å²) in [6.07, 6.45) is -1.26. The van der Waals surface area contributed by atoms with Crippen molar-refractivity contribution >= 4 is 44.6 Å². The molecule has 1 amide bonds. The van der Waals surface area contributed by atoms with Gasteiger partial charge in [0.2, 0.25) is 10.0 Å². The van der Waals surface area contributed by atoms with Crippen LogP contribution in [0.3, 0.4) is 0 Å². The first kappa shape index (κ1) is 25.3. The van der Waals surface area contributed by atoms with Gasteiger partial charge in [-0.3, -0.25) is 4.79 Å². The number of halogens is 4. The normalized spacial score (nSPS) is 21.6. The molecule has 0 radical (unpaired) electrons. The van der Waals surface area contributed by atoms with Crippen LogP contribution < -0.4 is 10.0 Å². The van der Waals surface area contributed by atoms with Crippen LogP contribution >= 0.6 is 22.9 Å². The first-order valence-electron chi connectivity index (χ1n) is 11.4. The van der Waals surface area contributed by atoms with E-state index in [4.69, 9.17) is 11.6 Å². The summed E-state index contributed by atoms with van der Waals surface area (Å²) >= 11 is 6.96. The van der Waals surface area contributed by atoms with Gasteiger partial charge in [-0.2, -0.15) is 13.2 Å². The zero-order valence-corrected chi connectivity index (χ0v) is 21.2. The van der Waals surface area contributed by atoms with Crippen LogP contribution in [-0.2, 0) is 29.0 Å². The van der Waals surface area contributed by atoms with E-state index in [1.54, 1.807) is 12.1 Å². The summed E-state index contributed by atoms with van der Waals surface area (Å²) in [6, 6.07) is 12.5. The number of nitrogens with one attached hydrogen (secondary N) is 2. The lowest BCUT2D eigenvalue weighted by Crippen LogP contribution is -2.41. The summed E-state index contributed by atoms with van der Waals surface area (Å²) in [7, 11) is -3.68. The summed E-state index contributed by atoms with van der Waals surface area (Å²) in [5, 5.41) is 2.76. The van der Waals surface area contributed by atoms with Gasteiger partial charge in [-0.05, 0) is 97.2 Å². The van der Waals surface area contributed by atoms with Crippen LogP contribution in [0.4, 0.5) is 18.9 Å². The average Bonchev–Trinajstić information content (AvgIpc) is 3.37. The van der Waals surface area contributed by atoms with Crippen molar-refractivity contribution in [1.82, 2.24) is 4.72 Å². The van der Waals surface area contributed by atoms with E-state index < -0.39 is 27.7 Å². The molecular formula is C25H22ClF3N2O3S2. The molecule has 11 heteroatoms. The summed E-state index contributed by atoms with van der Waals surface area (Å²) in [5.41, 5.74) is 2.00. The number of sulfonamides is 1. The zero-order valence-electron chi connectivity index (χ0n) is 18.8. The monoisotopic (exact) mass is 554 g/mol. The zero-order chi connectivity index (χ0) is 25.7. The van der Waals surface area contributed by atoms with Gasteiger partial charge >= 0.3 is 6.18 Å². The molecule has 36 heavy (non-hydrogen) atoms. The minimum absolute atomic E-state index is 0.113. The standard InChI is InChI=1S/C25H22ClF3N2O3S2/c26-21-9-10-22(35-21)36(33,34)31-23-16-1-2-17(23)12-18-13-20(8-5-15(18)11-16)30-24(32)14-3-6-19(7-4-14)25(27,28)29/h3-10,13,16-17,23,31H,1-2,11-12H2,(H,30,32)/t16-,17+,23-/m1/s1. The number of fused-ring (bicyclic) bond motifs is 3. The first-order valence-corrected chi connectivity index (χ1v) is 14.1. The van der Waals surface area contributed by atoms with Crippen molar-refractivity contribution in [3.05, 3.63) is 81.2 Å². The molecule has 1 fully saturated rings. The molecule has 2 aromatic carbocycles. The Hall–Kier alpha value is -2.40. The highest BCUT2D eigenvalue weighted by Crippen LogP contribution is 2.41. The topological polar surface area (TPSA) is 75.3 Å². The molecule has 5 rings (SSSR count). The van der Waals surface area contributed by atoms with Crippen LogP contribution in [0.2, 0.25) is 4.34 Å². The second-order valence-corrected chi connectivity index (χ2v) is 12.9. The van der Waals surface area contributed by atoms with Crippen molar-refractivity contribution in [2.75, 3.05) is 5.32 Å². The Bertz CT molecular complexity index is 1400. The van der Waals surface area contributed by atoms with E-state index in [0.29, 0.717) is 16.4 Å². The van der Waals surface area contributed by atoms with E-state index in [1.807, 2.05) is 12.1 Å². The van der Waals surface area contributed by atoms with E-state index in [2.05, 4.69) is 10.0 Å². The van der Waals surface area contributed by atoms with Crippen molar-refractivity contribution in [3.8, 4) is 0 Å². The molecule has 2 aliphatic carbocycles. The molecular weight excluding hydrogens is 533 g/mol. The van der Waals surface area contributed by atoms with Crippen molar-refractivity contribution in [2.24, 2.45) is 11.8 Å². The highest BCUT2D eigenvalue weighted by atomic mass is 35.5. The molecule has 1 heterocycles. The Kier molecular flexibility index (Phi) is 6.65. The number of amides is 1. The van der Waals surface area contributed by atoms with Crippen molar-refractivity contribution < 1.29 is 26.4 Å². The fourth-order valence-corrected chi connectivity index (χ4v) is 8.05. The van der Waals surface area contributed by atoms with Crippen LogP contribution in [0.25, 0.3) is 0 Å². The number of carbonyl (C=O) groups is 1. The summed E-state index contributed by atoms with van der Waals surface area (Å²) in [6.45, 7) is 0. The lowest BCUT2D eigenvalue weighted by atomic mass is 9.93. The molecule has 0 unspecified atom stereocenters. The van der Waals surface area contributed by atoms with Crippen molar-refractivity contribution in [2.45, 2.75) is 42.1 Å². The minimum atomic E-state index is -4.46. The maximum absolute atomic E-state index is 12.9. The van der Waals surface area contributed by atoms with E-state index in [0.717, 1.165) is 66.0 Å². The van der Waals surface area contributed by atoms with Crippen LogP contribution in [0.5, 0.6) is 0 Å². The number of rotatable bonds is 5. The Morgan fingerprint density at radius 2 is 1.61 bits per heavy atom. The summed E-state index contributed by atoms with van der Waals surface area (Å²) in [4.78, 5) is 12.6. The lowest BCUT2D eigenvalue weighted by Gasteiger charge is -2.23. The van der Waals surface area contributed by atoms with E-state index in [9.17, 15) is 26.4 Å². The highest BCUT2D eigenvalue weighted by Gasteiger charge is 2.41. The van der Waals surface area contributed by atoms with Gasteiger partial charge in [0.1, 0.15) is 4.21 Å². The van der Waals surface area contributed by atoms with E-state index in [-0.39, 0.29) is 27.7 Å². The van der Waals surface area contributed by atoms with Crippen LogP contribution in [0, 0.1) is 11.8 Å². The van der Waals surface area contributed by atoms with Gasteiger partial charge in [-0.15, -0.1) is 11.3 Å². The first-order chi connectivity index (χ1) is 17.0. The van der Waals surface area contributed by atoms with Gasteiger partial charge in [0.15, 0.2) is 0 Å². The molecule has 3 aromatic rings. The maximum Gasteiger partial charge on any atom is 0.416 e. The number of anilines is 1. The van der Waals surface area contributed by atoms with E-state index in [1.165, 1.54) is 6.07 Å². The molecule has 3 atom stereocenters. The predicted octanol–water partition coefficient (Wildman–Crippen LogP) is 6.14. The third kappa shape index (κ3) is 5.18. The fourth-order valence-electron chi connectivity index (χ4n) is 5.17. The number of hydrogen-bond acceptors (Lipinski definition) is 4. The molecule has 0 spiro atoms. The highest BCUT2D eigenvalue weighted by molar-refractivity contribution is 7.91. The lowest BCUT2D eigenvalue weighted by molar-refractivity contribution is -0.137. The molecule has 1 saturated carbocycles. The molecule has 0 saturated heterocycles.